The summed E-state index contributed by atoms with van der Waals surface area (Å²) in [6.45, 7) is 5.83. The van der Waals surface area contributed by atoms with Crippen LogP contribution in [0.15, 0.2) is 48.5 Å². The molecular weight excluding hydrogens is 326 g/mol. The Bertz CT molecular complexity index is 846. The Hall–Kier alpha value is -2.80. The molecule has 4 rings (SSSR count). The maximum atomic E-state index is 4.50. The summed E-state index contributed by atoms with van der Waals surface area (Å²) in [5.41, 5.74) is 2.03. The molecule has 0 amide bonds. The number of aromatic nitrogens is 5. The first-order chi connectivity index (χ1) is 12.8. The zero-order chi connectivity index (χ0) is 17.8. The number of benzene rings is 1. The Balaban J connectivity index is 1.33. The molecule has 0 unspecified atom stereocenters. The maximum Gasteiger partial charge on any atom is 0.170 e. The summed E-state index contributed by atoms with van der Waals surface area (Å²) in [6, 6.07) is 16.1. The van der Waals surface area contributed by atoms with Gasteiger partial charge in [-0.15, -0.1) is 5.10 Å². The molecule has 3 aromatic rings. The molecule has 0 saturated carbocycles. The lowest BCUT2D eigenvalue weighted by atomic mass is 10.1. The van der Waals surface area contributed by atoms with E-state index in [1.165, 1.54) is 6.42 Å². The lowest BCUT2D eigenvalue weighted by molar-refractivity contribution is 0.307. The van der Waals surface area contributed by atoms with Crippen LogP contribution in [0, 0.1) is 12.8 Å². The van der Waals surface area contributed by atoms with Gasteiger partial charge in [0.05, 0.1) is 12.2 Å². The van der Waals surface area contributed by atoms with Crippen molar-refractivity contribution < 1.29 is 0 Å². The predicted molar refractivity (Wildman–Crippen MR) is 100 cm³/mol. The summed E-state index contributed by atoms with van der Waals surface area (Å²) in [6.07, 6.45) is 1.17. The Morgan fingerprint density at radius 2 is 2.00 bits per heavy atom. The van der Waals surface area contributed by atoms with E-state index in [1.54, 1.807) is 0 Å². The third-order valence-electron chi connectivity index (χ3n) is 4.73. The van der Waals surface area contributed by atoms with E-state index in [9.17, 15) is 0 Å². The van der Waals surface area contributed by atoms with E-state index in [0.29, 0.717) is 5.92 Å². The van der Waals surface area contributed by atoms with Crippen molar-refractivity contribution in [2.75, 3.05) is 25.0 Å². The van der Waals surface area contributed by atoms with Gasteiger partial charge in [0, 0.05) is 18.8 Å². The fourth-order valence-corrected chi connectivity index (χ4v) is 3.39. The molecule has 0 bridgehead atoms. The van der Waals surface area contributed by atoms with Crippen LogP contribution in [0.2, 0.25) is 0 Å². The van der Waals surface area contributed by atoms with Crippen LogP contribution in [0.4, 0.5) is 5.82 Å². The molecule has 134 valence electrons. The smallest absolute Gasteiger partial charge is 0.170 e. The Labute approximate surface area is 153 Å². The molecule has 1 aromatic carbocycles. The highest BCUT2D eigenvalue weighted by atomic mass is 15.5. The SMILES string of the molecule is Cc1cccc(NC[C@@H]2CCN(Cc3nnnn3-c3ccccc3)C2)n1. The van der Waals surface area contributed by atoms with E-state index in [4.69, 9.17) is 0 Å². The third-order valence-corrected chi connectivity index (χ3v) is 4.73. The minimum absolute atomic E-state index is 0.610. The molecular formula is C19H23N7. The van der Waals surface area contributed by atoms with Crippen LogP contribution in [0.25, 0.3) is 5.69 Å². The lowest BCUT2D eigenvalue weighted by Gasteiger charge is -2.16. The van der Waals surface area contributed by atoms with E-state index in [1.807, 2.05) is 60.1 Å². The monoisotopic (exact) mass is 349 g/mol. The lowest BCUT2D eigenvalue weighted by Crippen LogP contribution is -2.24. The quantitative estimate of drug-likeness (QED) is 0.736. The van der Waals surface area contributed by atoms with Gasteiger partial charge in [0.1, 0.15) is 5.82 Å². The number of nitrogens with one attached hydrogen (secondary N) is 1. The van der Waals surface area contributed by atoms with Gasteiger partial charge in [-0.3, -0.25) is 4.90 Å². The molecule has 1 aliphatic heterocycles. The molecule has 7 nitrogen and oxygen atoms in total. The summed E-state index contributed by atoms with van der Waals surface area (Å²) >= 11 is 0. The summed E-state index contributed by atoms with van der Waals surface area (Å²) in [5, 5.41) is 15.7. The molecule has 1 fully saturated rings. The standard InChI is InChI=1S/C19H23N7/c1-15-6-5-9-18(21-15)20-12-16-10-11-25(13-16)14-19-22-23-24-26(19)17-7-3-2-4-8-17/h2-9,16H,10-14H2,1H3,(H,20,21)/t16-/m0/s1. The molecule has 0 aliphatic carbocycles. The fourth-order valence-electron chi connectivity index (χ4n) is 3.39. The topological polar surface area (TPSA) is 71.8 Å². The molecule has 1 saturated heterocycles. The first-order valence-electron chi connectivity index (χ1n) is 9.00. The summed E-state index contributed by atoms with van der Waals surface area (Å²) in [4.78, 5) is 6.92. The van der Waals surface area contributed by atoms with Crippen LogP contribution in [0.3, 0.4) is 0 Å². The van der Waals surface area contributed by atoms with Crippen molar-refractivity contribution in [2.24, 2.45) is 5.92 Å². The Morgan fingerprint density at radius 1 is 1.12 bits per heavy atom. The molecule has 3 heterocycles. The highest BCUT2D eigenvalue weighted by Gasteiger charge is 2.24. The zero-order valence-electron chi connectivity index (χ0n) is 14.9. The second-order valence-corrected chi connectivity index (χ2v) is 6.78. The number of para-hydroxylation sites is 1. The van der Waals surface area contributed by atoms with E-state index in [2.05, 4.69) is 30.7 Å². The van der Waals surface area contributed by atoms with Gasteiger partial charge in [-0.25, -0.2) is 4.98 Å². The number of nitrogens with zero attached hydrogens (tertiary/aromatic N) is 6. The average Bonchev–Trinajstić information content (AvgIpc) is 3.31. The van der Waals surface area contributed by atoms with Crippen LogP contribution in [0.5, 0.6) is 0 Å². The first kappa shape index (κ1) is 16.7. The van der Waals surface area contributed by atoms with Gasteiger partial charge < -0.3 is 5.32 Å². The molecule has 0 spiro atoms. The maximum absolute atomic E-state index is 4.50. The number of aryl methyl sites for hydroxylation is 1. The van der Waals surface area contributed by atoms with Gasteiger partial charge in [-0.2, -0.15) is 4.68 Å². The van der Waals surface area contributed by atoms with Crippen molar-refractivity contribution in [2.45, 2.75) is 19.9 Å². The number of tetrazole rings is 1. The number of likely N-dealkylation sites (tertiary alicyclic amines) is 1. The Morgan fingerprint density at radius 3 is 2.85 bits per heavy atom. The van der Waals surface area contributed by atoms with E-state index in [0.717, 1.165) is 49.2 Å². The number of anilines is 1. The van der Waals surface area contributed by atoms with Crippen molar-refractivity contribution in [1.29, 1.82) is 0 Å². The van der Waals surface area contributed by atoms with Gasteiger partial charge in [0.15, 0.2) is 5.82 Å². The van der Waals surface area contributed by atoms with Crippen molar-refractivity contribution in [1.82, 2.24) is 30.1 Å². The second kappa shape index (κ2) is 7.61. The summed E-state index contributed by atoms with van der Waals surface area (Å²) < 4.78 is 1.82. The number of hydrogen-bond acceptors (Lipinski definition) is 6. The molecule has 7 heteroatoms. The largest absolute Gasteiger partial charge is 0.370 e. The average molecular weight is 349 g/mol. The predicted octanol–water partition coefficient (Wildman–Crippen LogP) is 2.30. The van der Waals surface area contributed by atoms with Gasteiger partial charge in [-0.1, -0.05) is 24.3 Å². The number of hydrogen-bond donors (Lipinski definition) is 1. The fraction of sp³-hybridized carbons (Fsp3) is 0.368. The van der Waals surface area contributed by atoms with Crippen LogP contribution >= 0.6 is 0 Å². The van der Waals surface area contributed by atoms with Crippen LogP contribution in [0.1, 0.15) is 17.9 Å². The Kier molecular flexibility index (Phi) is 4.88. The molecule has 1 aliphatic rings. The minimum Gasteiger partial charge on any atom is -0.370 e. The van der Waals surface area contributed by atoms with Gasteiger partial charge >= 0.3 is 0 Å². The van der Waals surface area contributed by atoms with E-state index < -0.39 is 0 Å². The highest BCUT2D eigenvalue weighted by molar-refractivity contribution is 5.35. The molecule has 1 N–H and O–H groups in total. The van der Waals surface area contributed by atoms with Crippen LogP contribution in [-0.2, 0) is 6.54 Å². The minimum atomic E-state index is 0.610. The van der Waals surface area contributed by atoms with Gasteiger partial charge in [0.2, 0.25) is 0 Å². The van der Waals surface area contributed by atoms with Crippen molar-refractivity contribution in [3.63, 3.8) is 0 Å². The number of pyridine rings is 1. The van der Waals surface area contributed by atoms with Crippen molar-refractivity contribution >= 4 is 5.82 Å². The van der Waals surface area contributed by atoms with Crippen molar-refractivity contribution in [3.8, 4) is 5.69 Å². The normalized spacial score (nSPS) is 17.5. The molecule has 2 aromatic heterocycles. The van der Waals surface area contributed by atoms with Crippen LogP contribution in [-0.4, -0.2) is 49.7 Å². The zero-order valence-corrected chi connectivity index (χ0v) is 14.9. The van der Waals surface area contributed by atoms with Gasteiger partial charge in [-0.05, 0) is 60.5 Å². The summed E-state index contributed by atoms with van der Waals surface area (Å²) in [5.74, 6) is 2.44. The van der Waals surface area contributed by atoms with Crippen molar-refractivity contribution in [3.05, 3.63) is 60.0 Å². The summed E-state index contributed by atoms with van der Waals surface area (Å²) in [7, 11) is 0. The second-order valence-electron chi connectivity index (χ2n) is 6.78. The van der Waals surface area contributed by atoms with Crippen LogP contribution < -0.4 is 5.32 Å². The molecule has 0 radical (unpaired) electrons. The third kappa shape index (κ3) is 3.88. The van der Waals surface area contributed by atoms with E-state index in [-0.39, 0.29) is 0 Å². The molecule has 26 heavy (non-hydrogen) atoms. The highest BCUT2D eigenvalue weighted by Crippen LogP contribution is 2.19. The van der Waals surface area contributed by atoms with Gasteiger partial charge in [0.25, 0.3) is 0 Å². The number of rotatable bonds is 6. The molecule has 1 atom stereocenters. The van der Waals surface area contributed by atoms with E-state index >= 15 is 0 Å². The first-order valence-corrected chi connectivity index (χ1v) is 9.00.